The molecule has 2 unspecified atom stereocenters. The Hall–Kier alpha value is -0.420. The quantitative estimate of drug-likeness (QED) is 0.872. The molecule has 0 aromatic carbocycles. The van der Waals surface area contributed by atoms with Crippen molar-refractivity contribution in [1.29, 1.82) is 0 Å². The summed E-state index contributed by atoms with van der Waals surface area (Å²) < 4.78 is 5.92. The van der Waals surface area contributed by atoms with E-state index in [4.69, 9.17) is 10.5 Å². The molecule has 1 aliphatic rings. The molecule has 2 N–H and O–H groups in total. The van der Waals surface area contributed by atoms with Crippen LogP contribution in [0.25, 0.3) is 0 Å². The Labute approximate surface area is 120 Å². The Morgan fingerprint density at radius 3 is 3.00 bits per heavy atom. The Kier molecular flexibility index (Phi) is 5.82. The third-order valence-corrected chi connectivity index (χ3v) is 4.82. The molecular formula is C15H26N2OS. The zero-order valence-electron chi connectivity index (χ0n) is 12.1. The monoisotopic (exact) mass is 282 g/mol. The zero-order chi connectivity index (χ0) is 13.7. The van der Waals surface area contributed by atoms with Gasteiger partial charge < -0.3 is 10.5 Å². The lowest BCUT2D eigenvalue weighted by atomic mass is 10.0. The van der Waals surface area contributed by atoms with Gasteiger partial charge in [-0.05, 0) is 44.9 Å². The van der Waals surface area contributed by atoms with E-state index in [0.29, 0.717) is 18.7 Å². The first-order valence-corrected chi connectivity index (χ1v) is 8.18. The number of hydrogen-bond acceptors (Lipinski definition) is 4. The minimum atomic E-state index is 0.367. The maximum atomic E-state index is 6.01. The van der Waals surface area contributed by atoms with E-state index in [1.54, 1.807) is 0 Å². The molecule has 2 atom stereocenters. The average molecular weight is 282 g/mol. The van der Waals surface area contributed by atoms with Gasteiger partial charge in [0.25, 0.3) is 0 Å². The lowest BCUT2D eigenvalue weighted by Gasteiger charge is -2.37. The smallest absolute Gasteiger partial charge is 0.0702 e. The van der Waals surface area contributed by atoms with Crippen molar-refractivity contribution < 1.29 is 4.74 Å². The second-order valence-electron chi connectivity index (χ2n) is 5.33. The molecule has 1 fully saturated rings. The molecule has 0 amide bonds. The number of likely N-dealkylation sites (tertiary alicyclic amines) is 1. The molecule has 0 bridgehead atoms. The van der Waals surface area contributed by atoms with Crippen molar-refractivity contribution in [2.24, 2.45) is 5.73 Å². The molecule has 108 valence electrons. The van der Waals surface area contributed by atoms with Gasteiger partial charge in [0.15, 0.2) is 0 Å². The van der Waals surface area contributed by atoms with Gasteiger partial charge in [0, 0.05) is 29.5 Å². The van der Waals surface area contributed by atoms with Crippen LogP contribution in [-0.2, 0) is 4.74 Å². The molecule has 1 aromatic heterocycles. The Bertz CT molecular complexity index is 380. The standard InChI is InChI=1S/C15H26N2OS/c1-3-9-18-13-5-4-8-17(11-13)14(10-16)15-7-6-12(2)19-15/h6-7,13-14H,3-5,8-11,16H2,1-2H3. The van der Waals surface area contributed by atoms with Crippen LogP contribution in [0, 0.1) is 6.92 Å². The largest absolute Gasteiger partial charge is 0.377 e. The summed E-state index contributed by atoms with van der Waals surface area (Å²) in [5.41, 5.74) is 6.01. The van der Waals surface area contributed by atoms with Crippen molar-refractivity contribution in [2.75, 3.05) is 26.2 Å². The molecule has 2 rings (SSSR count). The van der Waals surface area contributed by atoms with Crippen LogP contribution in [-0.4, -0.2) is 37.2 Å². The summed E-state index contributed by atoms with van der Waals surface area (Å²) in [6, 6.07) is 4.79. The molecule has 0 spiro atoms. The van der Waals surface area contributed by atoms with Gasteiger partial charge in [-0.2, -0.15) is 0 Å². The number of nitrogens with two attached hydrogens (primary N) is 1. The zero-order valence-corrected chi connectivity index (χ0v) is 12.9. The molecule has 0 saturated carbocycles. The predicted octanol–water partition coefficient (Wildman–Crippen LogP) is 2.95. The van der Waals surface area contributed by atoms with E-state index in [1.165, 1.54) is 22.6 Å². The molecule has 2 heterocycles. The SMILES string of the molecule is CCCOC1CCCN(C(CN)c2ccc(C)s2)C1. The van der Waals surface area contributed by atoms with Crippen LogP contribution < -0.4 is 5.73 Å². The molecule has 3 nitrogen and oxygen atoms in total. The van der Waals surface area contributed by atoms with Gasteiger partial charge in [-0.1, -0.05) is 6.92 Å². The third-order valence-electron chi connectivity index (χ3n) is 3.72. The summed E-state index contributed by atoms with van der Waals surface area (Å²) in [7, 11) is 0. The molecular weight excluding hydrogens is 256 g/mol. The van der Waals surface area contributed by atoms with E-state index in [1.807, 2.05) is 11.3 Å². The molecule has 1 saturated heterocycles. The molecule has 19 heavy (non-hydrogen) atoms. The normalized spacial score (nSPS) is 22.6. The maximum absolute atomic E-state index is 6.01. The summed E-state index contributed by atoms with van der Waals surface area (Å²) >= 11 is 1.87. The number of ether oxygens (including phenoxy) is 1. The highest BCUT2D eigenvalue weighted by atomic mass is 32.1. The lowest BCUT2D eigenvalue weighted by Crippen LogP contribution is -2.43. The van der Waals surface area contributed by atoms with Crippen LogP contribution in [0.3, 0.4) is 0 Å². The fraction of sp³-hybridized carbons (Fsp3) is 0.733. The first-order valence-electron chi connectivity index (χ1n) is 7.36. The second kappa shape index (κ2) is 7.39. The van der Waals surface area contributed by atoms with Crippen molar-refractivity contribution in [1.82, 2.24) is 4.90 Å². The van der Waals surface area contributed by atoms with Gasteiger partial charge in [0.1, 0.15) is 0 Å². The summed E-state index contributed by atoms with van der Waals surface area (Å²) in [6.07, 6.45) is 3.90. The molecule has 1 aliphatic heterocycles. The number of aryl methyl sites for hydroxylation is 1. The van der Waals surface area contributed by atoms with Crippen LogP contribution in [0.2, 0.25) is 0 Å². The fourth-order valence-corrected chi connectivity index (χ4v) is 3.77. The van der Waals surface area contributed by atoms with Crippen molar-refractivity contribution in [3.05, 3.63) is 21.9 Å². The first kappa shape index (κ1) is 15.0. The minimum Gasteiger partial charge on any atom is -0.377 e. The van der Waals surface area contributed by atoms with Crippen LogP contribution in [0.4, 0.5) is 0 Å². The highest BCUT2D eigenvalue weighted by molar-refractivity contribution is 7.12. The summed E-state index contributed by atoms with van der Waals surface area (Å²) in [4.78, 5) is 5.27. The summed E-state index contributed by atoms with van der Waals surface area (Å²) in [5, 5.41) is 0. The van der Waals surface area contributed by atoms with Gasteiger partial charge in [-0.25, -0.2) is 0 Å². The van der Waals surface area contributed by atoms with Crippen molar-refractivity contribution in [3.63, 3.8) is 0 Å². The Morgan fingerprint density at radius 2 is 2.37 bits per heavy atom. The van der Waals surface area contributed by atoms with Gasteiger partial charge in [-0.15, -0.1) is 11.3 Å². The number of hydrogen-bond donors (Lipinski definition) is 1. The van der Waals surface area contributed by atoms with Crippen molar-refractivity contribution in [2.45, 2.75) is 45.3 Å². The summed E-state index contributed by atoms with van der Waals surface area (Å²) in [6.45, 7) is 8.07. The van der Waals surface area contributed by atoms with Gasteiger partial charge in [0.2, 0.25) is 0 Å². The summed E-state index contributed by atoms with van der Waals surface area (Å²) in [5.74, 6) is 0. The van der Waals surface area contributed by atoms with Gasteiger partial charge >= 0.3 is 0 Å². The highest BCUT2D eigenvalue weighted by Crippen LogP contribution is 2.29. The van der Waals surface area contributed by atoms with Crippen molar-refractivity contribution >= 4 is 11.3 Å². The minimum absolute atomic E-state index is 0.367. The van der Waals surface area contributed by atoms with Crippen LogP contribution in [0.1, 0.15) is 42.0 Å². The molecule has 0 aliphatic carbocycles. The van der Waals surface area contributed by atoms with E-state index in [-0.39, 0.29) is 0 Å². The van der Waals surface area contributed by atoms with Crippen molar-refractivity contribution in [3.8, 4) is 0 Å². The van der Waals surface area contributed by atoms with Crippen LogP contribution in [0.5, 0.6) is 0 Å². The van der Waals surface area contributed by atoms with Crippen LogP contribution >= 0.6 is 11.3 Å². The first-order chi connectivity index (χ1) is 9.24. The molecule has 0 radical (unpaired) electrons. The highest BCUT2D eigenvalue weighted by Gasteiger charge is 2.27. The topological polar surface area (TPSA) is 38.5 Å². The van der Waals surface area contributed by atoms with Crippen LogP contribution in [0.15, 0.2) is 12.1 Å². The lowest BCUT2D eigenvalue weighted by molar-refractivity contribution is -0.0114. The third kappa shape index (κ3) is 4.02. The Balaban J connectivity index is 1.98. The van der Waals surface area contributed by atoms with E-state index in [2.05, 4.69) is 30.9 Å². The predicted molar refractivity (Wildman–Crippen MR) is 81.7 cm³/mol. The number of piperidine rings is 1. The van der Waals surface area contributed by atoms with E-state index < -0.39 is 0 Å². The number of nitrogens with zero attached hydrogens (tertiary/aromatic N) is 1. The fourth-order valence-electron chi connectivity index (χ4n) is 2.75. The molecule has 4 heteroatoms. The molecule has 1 aromatic rings. The van der Waals surface area contributed by atoms with Gasteiger partial charge in [-0.3, -0.25) is 4.90 Å². The number of thiophene rings is 1. The number of rotatable bonds is 6. The maximum Gasteiger partial charge on any atom is 0.0702 e. The van der Waals surface area contributed by atoms with E-state index in [9.17, 15) is 0 Å². The Morgan fingerprint density at radius 1 is 1.53 bits per heavy atom. The van der Waals surface area contributed by atoms with Gasteiger partial charge in [0.05, 0.1) is 12.1 Å². The van der Waals surface area contributed by atoms with E-state index in [0.717, 1.165) is 26.1 Å². The average Bonchev–Trinajstić information content (AvgIpc) is 2.84. The van der Waals surface area contributed by atoms with E-state index >= 15 is 0 Å². The second-order valence-corrected chi connectivity index (χ2v) is 6.65.